The zero-order valence-corrected chi connectivity index (χ0v) is 12.5. The van der Waals surface area contributed by atoms with Gasteiger partial charge in [-0.3, -0.25) is 4.79 Å². The second-order valence-corrected chi connectivity index (χ2v) is 5.10. The zero-order valence-electron chi connectivity index (χ0n) is 12.5. The Morgan fingerprint density at radius 3 is 2.46 bits per heavy atom. The maximum atomic E-state index is 12.4. The minimum atomic E-state index is -4.71. The number of alkyl halides is 3. The quantitative estimate of drug-likeness (QED) is 0.874. The number of carbonyl (C=O) groups is 2. The number of carbonyl (C=O) groups excluding carboxylic acids is 1. The van der Waals surface area contributed by atoms with Gasteiger partial charge in [-0.25, -0.2) is 9.48 Å². The topological polar surface area (TPSA) is 84.2 Å². The van der Waals surface area contributed by atoms with Crippen LogP contribution in [0.5, 0.6) is 0 Å². The van der Waals surface area contributed by atoms with E-state index in [0.29, 0.717) is 11.4 Å². The average molecular weight is 341 g/mol. The van der Waals surface area contributed by atoms with E-state index in [1.807, 2.05) is 5.32 Å². The van der Waals surface area contributed by atoms with Crippen LogP contribution < -0.4 is 5.32 Å². The Morgan fingerprint density at radius 2 is 1.92 bits per heavy atom. The van der Waals surface area contributed by atoms with Gasteiger partial charge in [-0.05, 0) is 25.1 Å². The van der Waals surface area contributed by atoms with Crippen molar-refractivity contribution in [1.82, 2.24) is 15.1 Å². The fraction of sp³-hybridized carbons (Fsp3) is 0.267. The smallest absolute Gasteiger partial charge is 0.391 e. The summed E-state index contributed by atoms with van der Waals surface area (Å²) in [7, 11) is 0. The third-order valence-electron chi connectivity index (χ3n) is 3.16. The molecule has 2 N–H and O–H groups in total. The molecule has 0 radical (unpaired) electrons. The van der Waals surface area contributed by atoms with Crippen LogP contribution in [-0.4, -0.2) is 39.0 Å². The third-order valence-corrected chi connectivity index (χ3v) is 3.16. The molecule has 1 aromatic heterocycles. The molecule has 0 spiro atoms. The van der Waals surface area contributed by atoms with Crippen molar-refractivity contribution in [2.45, 2.75) is 25.6 Å². The van der Waals surface area contributed by atoms with Crippen molar-refractivity contribution in [3.05, 3.63) is 47.8 Å². The van der Waals surface area contributed by atoms with Crippen molar-refractivity contribution in [1.29, 1.82) is 0 Å². The third kappa shape index (κ3) is 4.34. The van der Waals surface area contributed by atoms with Crippen LogP contribution in [0.25, 0.3) is 5.69 Å². The van der Waals surface area contributed by atoms with Gasteiger partial charge in [-0.15, -0.1) is 0 Å². The summed E-state index contributed by atoms with van der Waals surface area (Å²) in [5.74, 6) is -2.75. The summed E-state index contributed by atoms with van der Waals surface area (Å²) >= 11 is 0. The first-order chi connectivity index (χ1) is 11.2. The lowest BCUT2D eigenvalue weighted by molar-refractivity contribution is -0.157. The Morgan fingerprint density at radius 1 is 1.29 bits per heavy atom. The highest BCUT2D eigenvalue weighted by Crippen LogP contribution is 2.22. The number of para-hydroxylation sites is 1. The molecule has 24 heavy (non-hydrogen) atoms. The van der Waals surface area contributed by atoms with E-state index in [1.54, 1.807) is 37.3 Å². The predicted octanol–water partition coefficient (Wildman–Crippen LogP) is 2.32. The molecule has 128 valence electrons. The summed E-state index contributed by atoms with van der Waals surface area (Å²) in [6, 6.07) is 8.11. The lowest BCUT2D eigenvalue weighted by Gasteiger charge is -2.15. The number of nitrogens with zero attached hydrogens (tertiary/aromatic N) is 2. The first-order valence-corrected chi connectivity index (χ1v) is 6.90. The summed E-state index contributed by atoms with van der Waals surface area (Å²) in [6.07, 6.45) is -6.37. The summed E-state index contributed by atoms with van der Waals surface area (Å²) in [4.78, 5) is 22.9. The molecule has 6 nitrogen and oxygen atoms in total. The Balaban J connectivity index is 2.19. The highest BCUT2D eigenvalue weighted by atomic mass is 19.4. The van der Waals surface area contributed by atoms with Gasteiger partial charge in [0.15, 0.2) is 5.69 Å². The van der Waals surface area contributed by atoms with Crippen LogP contribution in [0.1, 0.15) is 22.6 Å². The van der Waals surface area contributed by atoms with Gasteiger partial charge in [0, 0.05) is 5.69 Å². The molecule has 1 aromatic carbocycles. The molecule has 2 rings (SSSR count). The minimum Gasteiger partial charge on any atom is -0.480 e. The van der Waals surface area contributed by atoms with Crippen molar-refractivity contribution >= 4 is 11.9 Å². The van der Waals surface area contributed by atoms with Crippen LogP contribution in [-0.2, 0) is 4.79 Å². The maximum Gasteiger partial charge on any atom is 0.391 e. The number of amides is 1. The molecule has 0 aliphatic carbocycles. The van der Waals surface area contributed by atoms with Gasteiger partial charge in [-0.1, -0.05) is 18.2 Å². The van der Waals surface area contributed by atoms with Crippen LogP contribution in [0.15, 0.2) is 36.4 Å². The number of aryl methyl sites for hydroxylation is 1. The molecule has 1 amide bonds. The molecule has 0 aliphatic rings. The van der Waals surface area contributed by atoms with Crippen molar-refractivity contribution in [3.8, 4) is 5.69 Å². The van der Waals surface area contributed by atoms with Gasteiger partial charge >= 0.3 is 12.1 Å². The number of nitrogens with one attached hydrogen (secondary N) is 1. The van der Waals surface area contributed by atoms with E-state index in [-0.39, 0.29) is 5.69 Å². The molecule has 0 fully saturated rings. The molecule has 9 heteroatoms. The number of benzene rings is 1. The molecule has 0 bridgehead atoms. The van der Waals surface area contributed by atoms with E-state index < -0.39 is 30.5 Å². The summed E-state index contributed by atoms with van der Waals surface area (Å²) < 4.78 is 38.6. The number of hydrogen-bond donors (Lipinski definition) is 2. The Labute approximate surface area is 134 Å². The largest absolute Gasteiger partial charge is 0.480 e. The minimum absolute atomic E-state index is 0.162. The molecule has 0 saturated carbocycles. The van der Waals surface area contributed by atoms with E-state index in [4.69, 9.17) is 5.11 Å². The molecule has 0 unspecified atom stereocenters. The monoisotopic (exact) mass is 341 g/mol. The number of hydrogen-bond acceptors (Lipinski definition) is 3. The van der Waals surface area contributed by atoms with Gasteiger partial charge in [0.05, 0.1) is 12.1 Å². The Kier molecular flexibility index (Phi) is 4.91. The molecule has 1 heterocycles. The fourth-order valence-corrected chi connectivity index (χ4v) is 2.08. The van der Waals surface area contributed by atoms with Gasteiger partial charge in [0.1, 0.15) is 6.04 Å². The van der Waals surface area contributed by atoms with Crippen molar-refractivity contribution in [2.75, 3.05) is 0 Å². The summed E-state index contributed by atoms with van der Waals surface area (Å²) in [6.45, 7) is 1.67. The first kappa shape index (κ1) is 17.5. The number of halogens is 3. The second-order valence-electron chi connectivity index (χ2n) is 5.10. The van der Waals surface area contributed by atoms with Crippen LogP contribution in [0, 0.1) is 6.92 Å². The molecule has 0 saturated heterocycles. The van der Waals surface area contributed by atoms with Crippen molar-refractivity contribution in [2.24, 2.45) is 0 Å². The highest BCUT2D eigenvalue weighted by molar-refractivity contribution is 5.95. The summed E-state index contributed by atoms with van der Waals surface area (Å²) in [5, 5.41) is 14.7. The van der Waals surface area contributed by atoms with E-state index in [1.165, 1.54) is 10.7 Å². The lowest BCUT2D eigenvalue weighted by atomic mass is 10.2. The molecule has 0 aliphatic heterocycles. The Bertz CT molecular complexity index is 741. The van der Waals surface area contributed by atoms with Gasteiger partial charge in [0.2, 0.25) is 0 Å². The van der Waals surface area contributed by atoms with Crippen molar-refractivity contribution < 1.29 is 27.9 Å². The number of aromatic nitrogens is 2. The maximum absolute atomic E-state index is 12.4. The van der Waals surface area contributed by atoms with Crippen LogP contribution in [0.4, 0.5) is 13.2 Å². The lowest BCUT2D eigenvalue weighted by Crippen LogP contribution is -2.43. The number of carboxylic acid groups (broad SMARTS) is 1. The number of carboxylic acids is 1. The molecular formula is C15H14F3N3O3. The average Bonchev–Trinajstić information content (AvgIpc) is 2.88. The first-order valence-electron chi connectivity index (χ1n) is 6.90. The number of aliphatic carboxylic acids is 1. The SMILES string of the molecule is Cc1cc(C(=O)N[C@H](CC(F)(F)F)C(=O)O)nn1-c1ccccc1. The van der Waals surface area contributed by atoms with Gasteiger partial charge in [-0.2, -0.15) is 18.3 Å². The van der Waals surface area contributed by atoms with Crippen LogP contribution >= 0.6 is 0 Å². The van der Waals surface area contributed by atoms with Gasteiger partial charge in [0.25, 0.3) is 5.91 Å². The predicted molar refractivity (Wildman–Crippen MR) is 77.9 cm³/mol. The second kappa shape index (κ2) is 6.73. The van der Waals surface area contributed by atoms with Gasteiger partial charge < -0.3 is 10.4 Å². The molecule has 2 aromatic rings. The molecular weight excluding hydrogens is 327 g/mol. The normalized spacial score (nSPS) is 12.7. The highest BCUT2D eigenvalue weighted by Gasteiger charge is 2.36. The Hall–Kier alpha value is -2.84. The number of rotatable bonds is 5. The summed E-state index contributed by atoms with van der Waals surface area (Å²) in [5.41, 5.74) is 1.08. The van der Waals surface area contributed by atoms with E-state index in [9.17, 15) is 22.8 Å². The fourth-order valence-electron chi connectivity index (χ4n) is 2.08. The van der Waals surface area contributed by atoms with E-state index in [0.717, 1.165) is 0 Å². The van der Waals surface area contributed by atoms with Crippen LogP contribution in [0.2, 0.25) is 0 Å². The van der Waals surface area contributed by atoms with E-state index >= 15 is 0 Å². The standard InChI is InChI=1S/C15H14F3N3O3/c1-9-7-11(20-21(9)10-5-3-2-4-6-10)13(22)19-12(14(23)24)8-15(16,17)18/h2-7,12H,8H2,1H3,(H,19,22)(H,23,24)/t12-/m1/s1. The molecule has 1 atom stereocenters. The van der Waals surface area contributed by atoms with Crippen molar-refractivity contribution in [3.63, 3.8) is 0 Å². The van der Waals surface area contributed by atoms with Crippen LogP contribution in [0.3, 0.4) is 0 Å². The van der Waals surface area contributed by atoms with E-state index in [2.05, 4.69) is 5.10 Å². The zero-order chi connectivity index (χ0) is 17.9.